The largest absolute Gasteiger partial charge is 0.373 e. The highest BCUT2D eigenvalue weighted by atomic mass is 32.1. The molecule has 1 aromatic heterocycles. The van der Waals surface area contributed by atoms with Crippen LogP contribution in [0.2, 0.25) is 0 Å². The van der Waals surface area contributed by atoms with E-state index >= 15 is 0 Å². The Hall–Kier alpha value is -0.680. The summed E-state index contributed by atoms with van der Waals surface area (Å²) in [5.41, 5.74) is -0.0776. The molecule has 90 valence electrons. The van der Waals surface area contributed by atoms with E-state index in [-0.39, 0.29) is 5.60 Å². The summed E-state index contributed by atoms with van der Waals surface area (Å²) in [5, 5.41) is 7.15. The minimum Gasteiger partial charge on any atom is -0.373 e. The lowest BCUT2D eigenvalue weighted by molar-refractivity contribution is 0.00516. The molecule has 1 N–H and O–H groups in total. The van der Waals surface area contributed by atoms with Crippen LogP contribution in [0.25, 0.3) is 0 Å². The molecule has 0 radical (unpaired) electrons. The van der Waals surface area contributed by atoms with E-state index in [1.54, 1.807) is 0 Å². The number of rotatable bonds is 3. The zero-order valence-electron chi connectivity index (χ0n) is 10.1. The molecule has 5 heteroatoms. The van der Waals surface area contributed by atoms with Crippen LogP contribution in [0.3, 0.4) is 0 Å². The van der Waals surface area contributed by atoms with Gasteiger partial charge in [0.15, 0.2) is 4.77 Å². The van der Waals surface area contributed by atoms with Crippen molar-refractivity contribution in [2.45, 2.75) is 51.7 Å². The van der Waals surface area contributed by atoms with Gasteiger partial charge in [0.1, 0.15) is 5.82 Å². The Morgan fingerprint density at radius 1 is 1.62 bits per heavy atom. The fourth-order valence-corrected chi connectivity index (χ4v) is 2.42. The van der Waals surface area contributed by atoms with Crippen LogP contribution in [0.5, 0.6) is 0 Å². The zero-order valence-corrected chi connectivity index (χ0v) is 10.9. The number of hydrogen-bond acceptors (Lipinski definition) is 3. The molecule has 16 heavy (non-hydrogen) atoms. The first-order chi connectivity index (χ1) is 7.52. The first-order valence-electron chi connectivity index (χ1n) is 5.81. The van der Waals surface area contributed by atoms with E-state index in [2.05, 4.69) is 35.5 Å². The fraction of sp³-hybridized carbons (Fsp3) is 0.818. The average molecular weight is 241 g/mol. The molecule has 1 saturated heterocycles. The Morgan fingerprint density at radius 2 is 2.38 bits per heavy atom. The number of ether oxygens (including phenoxy) is 1. The van der Waals surface area contributed by atoms with Crippen molar-refractivity contribution in [3.8, 4) is 0 Å². The van der Waals surface area contributed by atoms with Crippen LogP contribution in [0.15, 0.2) is 0 Å². The Morgan fingerprint density at radius 3 is 2.94 bits per heavy atom. The summed E-state index contributed by atoms with van der Waals surface area (Å²) in [6.07, 6.45) is 2.23. The van der Waals surface area contributed by atoms with Gasteiger partial charge >= 0.3 is 0 Å². The Bertz CT molecular complexity index is 415. The van der Waals surface area contributed by atoms with Gasteiger partial charge in [-0.05, 0) is 32.0 Å². The standard InChI is InChI=1S/C11H19N3OS/c1-8(2)9-12-13-10(16)14(9)7-11(3)5-4-6-15-11/h8H,4-7H2,1-3H3,(H,13,16). The van der Waals surface area contributed by atoms with Crippen LogP contribution in [0.4, 0.5) is 0 Å². The Balaban J connectivity index is 2.26. The van der Waals surface area contributed by atoms with Gasteiger partial charge < -0.3 is 9.30 Å². The molecule has 1 aliphatic rings. The van der Waals surface area contributed by atoms with Crippen molar-refractivity contribution in [3.05, 3.63) is 10.6 Å². The second-order valence-corrected chi connectivity index (χ2v) is 5.42. The van der Waals surface area contributed by atoms with Crippen LogP contribution in [0.1, 0.15) is 45.4 Å². The van der Waals surface area contributed by atoms with Crippen LogP contribution in [0, 0.1) is 4.77 Å². The molecule has 0 bridgehead atoms. The average Bonchev–Trinajstić information content (AvgIpc) is 2.76. The topological polar surface area (TPSA) is 42.8 Å². The van der Waals surface area contributed by atoms with E-state index in [0.717, 1.165) is 31.8 Å². The van der Waals surface area contributed by atoms with Crippen molar-refractivity contribution in [1.82, 2.24) is 14.8 Å². The van der Waals surface area contributed by atoms with Gasteiger partial charge in [-0.2, -0.15) is 5.10 Å². The van der Waals surface area contributed by atoms with Gasteiger partial charge in [0, 0.05) is 12.5 Å². The van der Waals surface area contributed by atoms with Gasteiger partial charge in [-0.1, -0.05) is 13.8 Å². The molecule has 0 aromatic carbocycles. The highest BCUT2D eigenvalue weighted by Gasteiger charge is 2.31. The summed E-state index contributed by atoms with van der Waals surface area (Å²) < 4.78 is 8.56. The third-order valence-corrected chi connectivity index (χ3v) is 3.41. The number of aromatic nitrogens is 3. The molecule has 0 saturated carbocycles. The van der Waals surface area contributed by atoms with E-state index in [0.29, 0.717) is 10.7 Å². The van der Waals surface area contributed by atoms with Gasteiger partial charge in [0.2, 0.25) is 0 Å². The van der Waals surface area contributed by atoms with Crippen molar-refractivity contribution in [2.24, 2.45) is 0 Å². The first kappa shape index (κ1) is 11.8. The monoisotopic (exact) mass is 241 g/mol. The number of nitrogens with one attached hydrogen (secondary N) is 1. The van der Waals surface area contributed by atoms with E-state index < -0.39 is 0 Å². The molecule has 1 aromatic rings. The smallest absolute Gasteiger partial charge is 0.195 e. The van der Waals surface area contributed by atoms with E-state index in [9.17, 15) is 0 Å². The Labute approximate surface area is 101 Å². The molecule has 0 spiro atoms. The summed E-state index contributed by atoms with van der Waals surface area (Å²) in [4.78, 5) is 0. The molecule has 2 heterocycles. The van der Waals surface area contributed by atoms with Crippen molar-refractivity contribution in [1.29, 1.82) is 0 Å². The molecule has 1 fully saturated rings. The minimum absolute atomic E-state index is 0.0776. The van der Waals surface area contributed by atoms with Crippen molar-refractivity contribution in [2.75, 3.05) is 6.61 Å². The predicted molar refractivity (Wildman–Crippen MR) is 65.1 cm³/mol. The normalized spacial score (nSPS) is 25.5. The maximum atomic E-state index is 5.79. The predicted octanol–water partition coefficient (Wildman–Crippen LogP) is 2.63. The number of H-pyrrole nitrogens is 1. The molecular weight excluding hydrogens is 222 g/mol. The molecule has 2 rings (SSSR count). The Kier molecular flexibility index (Phi) is 3.17. The van der Waals surface area contributed by atoms with E-state index in [4.69, 9.17) is 17.0 Å². The van der Waals surface area contributed by atoms with Crippen LogP contribution < -0.4 is 0 Å². The molecule has 0 amide bonds. The highest BCUT2D eigenvalue weighted by Crippen LogP contribution is 2.28. The lowest BCUT2D eigenvalue weighted by Gasteiger charge is -2.24. The summed E-state index contributed by atoms with van der Waals surface area (Å²) in [7, 11) is 0. The second kappa shape index (κ2) is 4.30. The van der Waals surface area contributed by atoms with Crippen molar-refractivity contribution in [3.63, 3.8) is 0 Å². The second-order valence-electron chi connectivity index (χ2n) is 5.03. The van der Waals surface area contributed by atoms with Gasteiger partial charge in [0.05, 0.1) is 12.1 Å². The lowest BCUT2D eigenvalue weighted by atomic mass is 10.0. The first-order valence-corrected chi connectivity index (χ1v) is 6.22. The zero-order chi connectivity index (χ0) is 11.8. The molecule has 1 atom stereocenters. The van der Waals surface area contributed by atoms with Gasteiger partial charge in [-0.3, -0.25) is 5.10 Å². The maximum absolute atomic E-state index is 5.79. The maximum Gasteiger partial charge on any atom is 0.195 e. The molecule has 1 unspecified atom stereocenters. The van der Waals surface area contributed by atoms with Gasteiger partial charge in [-0.25, -0.2) is 0 Å². The van der Waals surface area contributed by atoms with Crippen LogP contribution in [-0.2, 0) is 11.3 Å². The van der Waals surface area contributed by atoms with Crippen molar-refractivity contribution >= 4 is 12.2 Å². The van der Waals surface area contributed by atoms with E-state index in [1.807, 2.05) is 0 Å². The van der Waals surface area contributed by atoms with Crippen LogP contribution >= 0.6 is 12.2 Å². The quantitative estimate of drug-likeness (QED) is 0.827. The van der Waals surface area contributed by atoms with Crippen molar-refractivity contribution < 1.29 is 4.74 Å². The van der Waals surface area contributed by atoms with E-state index in [1.165, 1.54) is 0 Å². The van der Waals surface area contributed by atoms with Crippen LogP contribution in [-0.4, -0.2) is 27.0 Å². The highest BCUT2D eigenvalue weighted by molar-refractivity contribution is 7.71. The number of hydrogen-bond donors (Lipinski definition) is 1. The summed E-state index contributed by atoms with van der Waals surface area (Å²) >= 11 is 5.27. The summed E-state index contributed by atoms with van der Waals surface area (Å²) in [5.74, 6) is 1.39. The molecule has 1 aliphatic heterocycles. The minimum atomic E-state index is -0.0776. The molecule has 0 aliphatic carbocycles. The summed E-state index contributed by atoms with van der Waals surface area (Å²) in [6, 6.07) is 0. The lowest BCUT2D eigenvalue weighted by Crippen LogP contribution is -2.30. The summed E-state index contributed by atoms with van der Waals surface area (Å²) in [6.45, 7) is 8.06. The van der Waals surface area contributed by atoms with Gasteiger partial charge in [0.25, 0.3) is 0 Å². The molecular formula is C11H19N3OS. The number of aromatic amines is 1. The molecule has 4 nitrogen and oxygen atoms in total. The SMILES string of the molecule is CC(C)c1n[nH]c(=S)n1CC1(C)CCCO1. The number of nitrogens with zero attached hydrogens (tertiary/aromatic N) is 2. The third kappa shape index (κ3) is 2.20. The third-order valence-electron chi connectivity index (χ3n) is 3.10. The van der Waals surface area contributed by atoms with Gasteiger partial charge in [-0.15, -0.1) is 0 Å². The fourth-order valence-electron chi connectivity index (χ4n) is 2.22.